The Labute approximate surface area is 91.3 Å². The Morgan fingerprint density at radius 2 is 2.29 bits per heavy atom. The molecule has 1 heterocycles. The summed E-state index contributed by atoms with van der Waals surface area (Å²) in [6.45, 7) is 0. The van der Waals surface area contributed by atoms with E-state index in [-0.39, 0.29) is 5.91 Å². The minimum absolute atomic E-state index is 0.0625. The van der Waals surface area contributed by atoms with Crippen molar-refractivity contribution in [3.63, 3.8) is 0 Å². The molecule has 74 valence electrons. The Kier molecular flexibility index (Phi) is 2.54. The molecule has 1 aliphatic carbocycles. The molecule has 0 N–H and O–H groups in total. The fourth-order valence-corrected chi connectivity index (χ4v) is 1.57. The number of rotatable bonds is 2. The first-order valence-electron chi connectivity index (χ1n) is 4.57. The molecule has 0 radical (unpaired) electrons. The van der Waals surface area contributed by atoms with Gasteiger partial charge in [-0.1, -0.05) is 0 Å². The Bertz CT molecular complexity index is 346. The molecule has 0 unspecified atom stereocenters. The van der Waals surface area contributed by atoms with Crippen LogP contribution in [0.25, 0.3) is 0 Å². The lowest BCUT2D eigenvalue weighted by molar-refractivity contribution is 0.0784. The second-order valence-electron chi connectivity index (χ2n) is 3.52. The van der Waals surface area contributed by atoms with E-state index in [1.165, 1.54) is 0 Å². The van der Waals surface area contributed by atoms with E-state index >= 15 is 0 Å². The number of carbonyl (C=O) groups excluding carboxylic acids is 1. The van der Waals surface area contributed by atoms with Gasteiger partial charge in [0.15, 0.2) is 0 Å². The van der Waals surface area contributed by atoms with Crippen molar-refractivity contribution in [3.05, 3.63) is 28.5 Å². The van der Waals surface area contributed by atoms with Gasteiger partial charge in [0.2, 0.25) is 0 Å². The van der Waals surface area contributed by atoms with E-state index in [1.54, 1.807) is 23.2 Å². The van der Waals surface area contributed by atoms with Crippen molar-refractivity contribution in [2.45, 2.75) is 18.9 Å². The lowest BCUT2D eigenvalue weighted by Crippen LogP contribution is -2.28. The standard InChI is InChI=1S/C10H11BrN2O/c1-13(8-3-4-8)10(14)7-2-5-9(11)12-6-7/h2,5-6,8H,3-4H2,1H3. The first-order valence-corrected chi connectivity index (χ1v) is 5.36. The average molecular weight is 255 g/mol. The maximum Gasteiger partial charge on any atom is 0.255 e. The largest absolute Gasteiger partial charge is 0.339 e. The summed E-state index contributed by atoms with van der Waals surface area (Å²) in [5, 5.41) is 0. The molecule has 1 saturated carbocycles. The summed E-state index contributed by atoms with van der Waals surface area (Å²) in [4.78, 5) is 17.6. The number of hydrogen-bond donors (Lipinski definition) is 0. The van der Waals surface area contributed by atoms with Crippen molar-refractivity contribution in [2.24, 2.45) is 0 Å². The highest BCUT2D eigenvalue weighted by Crippen LogP contribution is 2.26. The van der Waals surface area contributed by atoms with Gasteiger partial charge < -0.3 is 4.90 Å². The Morgan fingerprint density at radius 1 is 1.57 bits per heavy atom. The lowest BCUT2D eigenvalue weighted by Gasteiger charge is -2.15. The smallest absolute Gasteiger partial charge is 0.255 e. The Morgan fingerprint density at radius 3 is 2.79 bits per heavy atom. The molecule has 0 saturated heterocycles. The molecule has 1 fully saturated rings. The van der Waals surface area contributed by atoms with Gasteiger partial charge in [-0.15, -0.1) is 0 Å². The van der Waals surface area contributed by atoms with Gasteiger partial charge in [0.25, 0.3) is 5.91 Å². The molecule has 14 heavy (non-hydrogen) atoms. The van der Waals surface area contributed by atoms with Gasteiger partial charge in [0.1, 0.15) is 4.60 Å². The number of hydrogen-bond acceptors (Lipinski definition) is 2. The molecule has 0 spiro atoms. The summed E-state index contributed by atoms with van der Waals surface area (Å²) >= 11 is 3.24. The second-order valence-corrected chi connectivity index (χ2v) is 4.33. The number of aromatic nitrogens is 1. The fourth-order valence-electron chi connectivity index (χ4n) is 1.33. The molecule has 1 aromatic rings. The van der Waals surface area contributed by atoms with Gasteiger partial charge >= 0.3 is 0 Å². The van der Waals surface area contributed by atoms with Crippen LogP contribution in [-0.2, 0) is 0 Å². The highest BCUT2D eigenvalue weighted by Gasteiger charge is 2.29. The molecule has 1 aromatic heterocycles. The predicted molar refractivity (Wildman–Crippen MR) is 57.1 cm³/mol. The maximum absolute atomic E-state index is 11.8. The third-order valence-corrected chi connectivity index (χ3v) is 2.86. The molecule has 2 rings (SSSR count). The van der Waals surface area contributed by atoms with Crippen LogP contribution in [0.1, 0.15) is 23.2 Å². The van der Waals surface area contributed by atoms with Crippen LogP contribution in [0, 0.1) is 0 Å². The number of pyridine rings is 1. The molecule has 0 bridgehead atoms. The predicted octanol–water partition coefficient (Wildman–Crippen LogP) is 2.08. The van der Waals surface area contributed by atoms with E-state index in [0.717, 1.165) is 17.4 Å². The van der Waals surface area contributed by atoms with Gasteiger partial charge in [0.05, 0.1) is 5.56 Å². The van der Waals surface area contributed by atoms with E-state index in [0.29, 0.717) is 11.6 Å². The van der Waals surface area contributed by atoms with Crippen LogP contribution < -0.4 is 0 Å². The molecule has 0 aliphatic heterocycles. The molecule has 1 aliphatic rings. The van der Waals surface area contributed by atoms with Crippen molar-refractivity contribution >= 4 is 21.8 Å². The number of carbonyl (C=O) groups is 1. The van der Waals surface area contributed by atoms with Gasteiger partial charge in [-0.3, -0.25) is 4.79 Å². The van der Waals surface area contributed by atoms with Crippen LogP contribution >= 0.6 is 15.9 Å². The molecule has 0 atom stereocenters. The van der Waals surface area contributed by atoms with Crippen molar-refractivity contribution < 1.29 is 4.79 Å². The van der Waals surface area contributed by atoms with E-state index in [2.05, 4.69) is 20.9 Å². The topological polar surface area (TPSA) is 33.2 Å². The van der Waals surface area contributed by atoms with E-state index in [9.17, 15) is 4.79 Å². The van der Waals surface area contributed by atoms with Crippen molar-refractivity contribution in [3.8, 4) is 0 Å². The normalized spacial score (nSPS) is 15.3. The number of amides is 1. The van der Waals surface area contributed by atoms with E-state index < -0.39 is 0 Å². The molecule has 0 aromatic carbocycles. The zero-order valence-electron chi connectivity index (χ0n) is 7.90. The van der Waals surface area contributed by atoms with Crippen LogP contribution in [0.4, 0.5) is 0 Å². The monoisotopic (exact) mass is 254 g/mol. The van der Waals surface area contributed by atoms with Crippen LogP contribution in [-0.4, -0.2) is 28.9 Å². The van der Waals surface area contributed by atoms with Gasteiger partial charge in [-0.05, 0) is 40.9 Å². The first-order chi connectivity index (χ1) is 6.68. The first kappa shape index (κ1) is 9.65. The summed E-state index contributed by atoms with van der Waals surface area (Å²) in [5.74, 6) is 0.0625. The zero-order chi connectivity index (χ0) is 10.1. The number of halogens is 1. The third kappa shape index (κ3) is 1.95. The van der Waals surface area contributed by atoms with Gasteiger partial charge in [-0.2, -0.15) is 0 Å². The molecule has 1 amide bonds. The van der Waals surface area contributed by atoms with Crippen molar-refractivity contribution in [1.29, 1.82) is 0 Å². The lowest BCUT2D eigenvalue weighted by atomic mass is 10.2. The fraction of sp³-hybridized carbons (Fsp3) is 0.400. The minimum Gasteiger partial charge on any atom is -0.339 e. The van der Waals surface area contributed by atoms with E-state index in [4.69, 9.17) is 0 Å². The van der Waals surface area contributed by atoms with Crippen molar-refractivity contribution in [2.75, 3.05) is 7.05 Å². The minimum atomic E-state index is 0.0625. The Hall–Kier alpha value is -0.900. The maximum atomic E-state index is 11.8. The summed E-state index contributed by atoms with van der Waals surface area (Å²) < 4.78 is 0.753. The Balaban J connectivity index is 2.13. The van der Waals surface area contributed by atoms with Gasteiger partial charge in [-0.25, -0.2) is 4.98 Å². The quantitative estimate of drug-likeness (QED) is 0.758. The number of nitrogens with zero attached hydrogens (tertiary/aromatic N) is 2. The van der Waals surface area contributed by atoms with E-state index in [1.807, 2.05) is 7.05 Å². The highest BCUT2D eigenvalue weighted by molar-refractivity contribution is 9.10. The van der Waals surface area contributed by atoms with Crippen LogP contribution in [0.15, 0.2) is 22.9 Å². The van der Waals surface area contributed by atoms with Gasteiger partial charge in [0, 0.05) is 19.3 Å². The molecule has 4 heteroatoms. The second kappa shape index (κ2) is 3.69. The zero-order valence-corrected chi connectivity index (χ0v) is 9.49. The van der Waals surface area contributed by atoms with Crippen molar-refractivity contribution in [1.82, 2.24) is 9.88 Å². The summed E-state index contributed by atoms with van der Waals surface area (Å²) in [6.07, 6.45) is 3.86. The van der Waals surface area contributed by atoms with Crippen LogP contribution in [0.2, 0.25) is 0 Å². The third-order valence-electron chi connectivity index (χ3n) is 2.39. The molecular weight excluding hydrogens is 244 g/mol. The highest BCUT2D eigenvalue weighted by atomic mass is 79.9. The van der Waals surface area contributed by atoms with Crippen LogP contribution in [0.5, 0.6) is 0 Å². The summed E-state index contributed by atoms with van der Waals surface area (Å²) in [7, 11) is 1.85. The SMILES string of the molecule is CN(C(=O)c1ccc(Br)nc1)C1CC1. The van der Waals surface area contributed by atoms with Crippen LogP contribution in [0.3, 0.4) is 0 Å². The average Bonchev–Trinajstić information content (AvgIpc) is 3.00. The summed E-state index contributed by atoms with van der Waals surface area (Å²) in [5.41, 5.74) is 0.655. The molecule has 3 nitrogen and oxygen atoms in total. The summed E-state index contributed by atoms with van der Waals surface area (Å²) in [6, 6.07) is 4.03. The molecular formula is C10H11BrN2O.